The van der Waals surface area contributed by atoms with Gasteiger partial charge in [-0.25, -0.2) is 13.1 Å². The number of benzene rings is 2. The predicted octanol–water partition coefficient (Wildman–Crippen LogP) is 2.84. The second-order valence-corrected chi connectivity index (χ2v) is 9.19. The lowest BCUT2D eigenvalue weighted by Gasteiger charge is -2.32. The molecule has 0 aliphatic carbocycles. The van der Waals surface area contributed by atoms with Crippen LogP contribution in [0.2, 0.25) is 0 Å². The summed E-state index contributed by atoms with van der Waals surface area (Å²) in [5.74, 6) is 1.51. The fourth-order valence-corrected chi connectivity index (χ4v) is 4.17. The predicted molar refractivity (Wildman–Crippen MR) is 112 cm³/mol. The van der Waals surface area contributed by atoms with Crippen molar-refractivity contribution in [2.24, 2.45) is 5.92 Å². The van der Waals surface area contributed by atoms with Gasteiger partial charge in [-0.1, -0.05) is 30.3 Å². The summed E-state index contributed by atoms with van der Waals surface area (Å²) in [5.41, 5.74) is 0.958. The lowest BCUT2D eigenvalue weighted by molar-refractivity contribution is -0.132. The van der Waals surface area contributed by atoms with Gasteiger partial charge in [-0.05, 0) is 62.1 Å². The number of hydrogen-bond donors (Lipinski definition) is 1. The van der Waals surface area contributed by atoms with Crippen molar-refractivity contribution in [2.75, 3.05) is 26.7 Å². The standard InChI is InChI=1S/C22H28N2O4S/c1-23-29(26,27)21-10-7-18(8-11-21)9-12-22(25)24-15-13-19(14-16-24)17-28-20-5-3-2-4-6-20/h2-8,10-11,19,23H,9,12-17H2,1H3. The molecule has 3 rings (SSSR count). The molecule has 0 aromatic heterocycles. The van der Waals surface area contributed by atoms with E-state index >= 15 is 0 Å². The molecule has 1 heterocycles. The lowest BCUT2D eigenvalue weighted by Crippen LogP contribution is -2.39. The van der Waals surface area contributed by atoms with E-state index in [1.54, 1.807) is 24.3 Å². The van der Waals surface area contributed by atoms with Crippen LogP contribution >= 0.6 is 0 Å². The fourth-order valence-electron chi connectivity index (χ4n) is 3.44. The zero-order valence-corrected chi connectivity index (χ0v) is 17.5. The number of hydrogen-bond acceptors (Lipinski definition) is 4. The quantitative estimate of drug-likeness (QED) is 0.718. The molecule has 156 valence electrons. The van der Waals surface area contributed by atoms with Crippen LogP contribution in [-0.4, -0.2) is 46.0 Å². The van der Waals surface area contributed by atoms with Gasteiger partial charge in [-0.2, -0.15) is 0 Å². The molecule has 6 nitrogen and oxygen atoms in total. The van der Waals surface area contributed by atoms with Crippen LogP contribution < -0.4 is 9.46 Å². The molecule has 0 bridgehead atoms. The molecule has 1 amide bonds. The maximum absolute atomic E-state index is 12.5. The average Bonchev–Trinajstić information content (AvgIpc) is 2.77. The minimum Gasteiger partial charge on any atom is -0.493 e. The summed E-state index contributed by atoms with van der Waals surface area (Å²) >= 11 is 0. The second-order valence-electron chi connectivity index (χ2n) is 7.30. The first-order chi connectivity index (χ1) is 14.0. The van der Waals surface area contributed by atoms with Crippen LogP contribution in [0.1, 0.15) is 24.8 Å². The zero-order chi connectivity index (χ0) is 20.7. The highest BCUT2D eigenvalue weighted by atomic mass is 32.2. The lowest BCUT2D eigenvalue weighted by atomic mass is 9.97. The number of amides is 1. The van der Waals surface area contributed by atoms with Crippen molar-refractivity contribution < 1.29 is 17.9 Å². The van der Waals surface area contributed by atoms with Gasteiger partial charge in [0.2, 0.25) is 15.9 Å². The molecule has 0 radical (unpaired) electrons. The molecule has 1 aliphatic rings. The van der Waals surface area contributed by atoms with Crippen molar-refractivity contribution in [2.45, 2.75) is 30.6 Å². The van der Waals surface area contributed by atoms with Crippen LogP contribution in [0.15, 0.2) is 59.5 Å². The molecule has 29 heavy (non-hydrogen) atoms. The first-order valence-corrected chi connectivity index (χ1v) is 11.4. The van der Waals surface area contributed by atoms with Gasteiger partial charge in [0.25, 0.3) is 0 Å². The van der Waals surface area contributed by atoms with Gasteiger partial charge < -0.3 is 9.64 Å². The number of para-hydroxylation sites is 1. The topological polar surface area (TPSA) is 75.7 Å². The number of ether oxygens (including phenoxy) is 1. The molecule has 1 saturated heterocycles. The van der Waals surface area contributed by atoms with E-state index in [0.29, 0.717) is 25.4 Å². The fraction of sp³-hybridized carbons (Fsp3) is 0.409. The zero-order valence-electron chi connectivity index (χ0n) is 16.7. The third-order valence-corrected chi connectivity index (χ3v) is 6.76. The number of sulfonamides is 1. The first kappa shape index (κ1) is 21.3. The molecule has 1 aliphatic heterocycles. The second kappa shape index (κ2) is 9.89. The Bertz CT molecular complexity index is 890. The Morgan fingerprint density at radius 3 is 2.34 bits per heavy atom. The Balaban J connectivity index is 1.40. The SMILES string of the molecule is CNS(=O)(=O)c1ccc(CCC(=O)N2CCC(COc3ccccc3)CC2)cc1. The molecule has 0 saturated carbocycles. The van der Waals surface area contributed by atoms with Gasteiger partial charge in [0, 0.05) is 19.5 Å². The van der Waals surface area contributed by atoms with Crippen molar-refractivity contribution >= 4 is 15.9 Å². The van der Waals surface area contributed by atoms with E-state index in [1.807, 2.05) is 35.2 Å². The number of nitrogens with one attached hydrogen (secondary N) is 1. The normalized spacial score (nSPS) is 15.3. The van der Waals surface area contributed by atoms with Crippen molar-refractivity contribution in [3.05, 3.63) is 60.2 Å². The summed E-state index contributed by atoms with van der Waals surface area (Å²) in [6.45, 7) is 2.22. The Kier molecular flexibility index (Phi) is 7.28. The van der Waals surface area contributed by atoms with Gasteiger partial charge in [0.1, 0.15) is 5.75 Å². The highest BCUT2D eigenvalue weighted by Gasteiger charge is 2.23. The molecule has 2 aromatic rings. The number of aryl methyl sites for hydroxylation is 1. The van der Waals surface area contributed by atoms with E-state index in [1.165, 1.54) is 7.05 Å². The van der Waals surface area contributed by atoms with E-state index < -0.39 is 10.0 Å². The summed E-state index contributed by atoms with van der Waals surface area (Å²) in [5, 5.41) is 0. The van der Waals surface area contributed by atoms with Gasteiger partial charge in [0.05, 0.1) is 11.5 Å². The van der Waals surface area contributed by atoms with Crippen molar-refractivity contribution in [3.8, 4) is 5.75 Å². The van der Waals surface area contributed by atoms with E-state index in [0.717, 1.165) is 37.2 Å². The summed E-state index contributed by atoms with van der Waals surface area (Å²) in [6.07, 6.45) is 2.95. The van der Waals surface area contributed by atoms with Crippen LogP contribution in [0, 0.1) is 5.92 Å². The van der Waals surface area contributed by atoms with Crippen LogP contribution in [0.3, 0.4) is 0 Å². The molecule has 2 aromatic carbocycles. The third-order valence-electron chi connectivity index (χ3n) is 5.33. The van der Waals surface area contributed by atoms with Gasteiger partial charge in [-0.3, -0.25) is 4.79 Å². The molecule has 7 heteroatoms. The minimum absolute atomic E-state index is 0.152. The number of nitrogens with zero attached hydrogens (tertiary/aromatic N) is 1. The minimum atomic E-state index is -3.43. The largest absolute Gasteiger partial charge is 0.493 e. The first-order valence-electron chi connectivity index (χ1n) is 9.96. The van der Waals surface area contributed by atoms with Crippen LogP contribution in [-0.2, 0) is 21.2 Å². The number of piperidine rings is 1. The number of carbonyl (C=O) groups excluding carboxylic acids is 1. The van der Waals surface area contributed by atoms with Crippen molar-refractivity contribution in [1.29, 1.82) is 0 Å². The molecular weight excluding hydrogens is 388 g/mol. The van der Waals surface area contributed by atoms with Gasteiger partial charge in [-0.15, -0.1) is 0 Å². The van der Waals surface area contributed by atoms with Gasteiger partial charge >= 0.3 is 0 Å². The highest BCUT2D eigenvalue weighted by Crippen LogP contribution is 2.20. The van der Waals surface area contributed by atoms with Crippen molar-refractivity contribution in [3.63, 3.8) is 0 Å². The van der Waals surface area contributed by atoms with E-state index in [9.17, 15) is 13.2 Å². The molecule has 1 N–H and O–H groups in total. The maximum Gasteiger partial charge on any atom is 0.240 e. The summed E-state index contributed by atoms with van der Waals surface area (Å²) < 4.78 is 31.6. The Hall–Kier alpha value is -2.38. The molecule has 0 atom stereocenters. The number of rotatable bonds is 8. The Morgan fingerprint density at radius 1 is 1.07 bits per heavy atom. The maximum atomic E-state index is 12.5. The molecule has 1 fully saturated rings. The Labute approximate surface area is 172 Å². The number of carbonyl (C=O) groups is 1. The highest BCUT2D eigenvalue weighted by molar-refractivity contribution is 7.89. The monoisotopic (exact) mass is 416 g/mol. The number of likely N-dealkylation sites (tertiary alicyclic amines) is 1. The Morgan fingerprint density at radius 2 is 1.72 bits per heavy atom. The van der Waals surface area contributed by atoms with Crippen LogP contribution in [0.4, 0.5) is 0 Å². The summed E-state index contributed by atoms with van der Waals surface area (Å²) in [7, 11) is -2.04. The van der Waals surface area contributed by atoms with Crippen LogP contribution in [0.5, 0.6) is 5.75 Å². The molecule has 0 unspecified atom stereocenters. The molecule has 0 spiro atoms. The van der Waals surface area contributed by atoms with Gasteiger partial charge in [0.15, 0.2) is 0 Å². The van der Waals surface area contributed by atoms with E-state index in [-0.39, 0.29) is 10.8 Å². The van der Waals surface area contributed by atoms with E-state index in [4.69, 9.17) is 4.74 Å². The smallest absolute Gasteiger partial charge is 0.240 e. The van der Waals surface area contributed by atoms with Crippen molar-refractivity contribution in [1.82, 2.24) is 9.62 Å². The van der Waals surface area contributed by atoms with E-state index in [2.05, 4.69) is 4.72 Å². The third kappa shape index (κ3) is 6.05. The molecular formula is C22H28N2O4S. The van der Waals surface area contributed by atoms with Crippen LogP contribution in [0.25, 0.3) is 0 Å². The average molecular weight is 417 g/mol. The summed E-state index contributed by atoms with van der Waals surface area (Å²) in [6, 6.07) is 16.5. The summed E-state index contributed by atoms with van der Waals surface area (Å²) in [4.78, 5) is 14.7.